The molecule has 0 atom stereocenters. The van der Waals surface area contributed by atoms with Crippen LogP contribution in [0, 0.1) is 0 Å². The Labute approximate surface area is 153 Å². The summed E-state index contributed by atoms with van der Waals surface area (Å²) >= 11 is 0. The predicted octanol–water partition coefficient (Wildman–Crippen LogP) is 4.76. The second-order valence-electron chi connectivity index (χ2n) is 5.95. The molecule has 1 amide bonds. The first-order valence-corrected chi connectivity index (χ1v) is 8.37. The van der Waals surface area contributed by atoms with Crippen LogP contribution in [0.25, 0.3) is 0 Å². The molecule has 0 spiro atoms. The van der Waals surface area contributed by atoms with Crippen LogP contribution >= 0.6 is 0 Å². The number of hydrogen-bond acceptors (Lipinski definition) is 3. The van der Waals surface area contributed by atoms with E-state index in [1.165, 1.54) is 0 Å². The van der Waals surface area contributed by atoms with Gasteiger partial charge >= 0.3 is 0 Å². The van der Waals surface area contributed by atoms with Crippen molar-refractivity contribution in [3.8, 4) is 17.2 Å². The second-order valence-corrected chi connectivity index (χ2v) is 5.95. The molecule has 0 unspecified atom stereocenters. The van der Waals surface area contributed by atoms with Crippen LogP contribution in [0.1, 0.15) is 15.9 Å². The van der Waals surface area contributed by atoms with Crippen molar-refractivity contribution in [2.45, 2.75) is 6.54 Å². The van der Waals surface area contributed by atoms with E-state index in [1.807, 2.05) is 66.7 Å². The second kappa shape index (κ2) is 8.21. The molecule has 132 valence electrons. The molecule has 4 heteroatoms. The van der Waals surface area contributed by atoms with E-state index in [0.29, 0.717) is 17.9 Å². The van der Waals surface area contributed by atoms with Gasteiger partial charge in [-0.25, -0.2) is 0 Å². The van der Waals surface area contributed by atoms with Gasteiger partial charge in [0, 0.05) is 19.2 Å². The number of para-hydroxylation sites is 1. The van der Waals surface area contributed by atoms with Crippen molar-refractivity contribution in [2.75, 3.05) is 14.2 Å². The lowest BCUT2D eigenvalue weighted by Gasteiger charge is -2.18. The summed E-state index contributed by atoms with van der Waals surface area (Å²) in [7, 11) is 3.42. The minimum Gasteiger partial charge on any atom is -0.497 e. The Morgan fingerprint density at radius 1 is 0.846 bits per heavy atom. The molecule has 0 bridgehead atoms. The fourth-order valence-electron chi connectivity index (χ4n) is 2.61. The van der Waals surface area contributed by atoms with E-state index in [2.05, 4.69) is 0 Å². The summed E-state index contributed by atoms with van der Waals surface area (Å²) < 4.78 is 11.0. The molecule has 0 aliphatic rings. The Hall–Kier alpha value is -3.27. The minimum absolute atomic E-state index is 0.0562. The van der Waals surface area contributed by atoms with Crippen molar-refractivity contribution in [2.24, 2.45) is 0 Å². The lowest BCUT2D eigenvalue weighted by atomic mass is 10.1. The smallest absolute Gasteiger partial charge is 0.254 e. The molecule has 0 aromatic heterocycles. The Balaban J connectivity index is 1.69. The zero-order valence-corrected chi connectivity index (χ0v) is 14.9. The van der Waals surface area contributed by atoms with E-state index in [4.69, 9.17) is 9.47 Å². The molecule has 26 heavy (non-hydrogen) atoms. The van der Waals surface area contributed by atoms with Crippen LogP contribution in [0.3, 0.4) is 0 Å². The molecule has 0 saturated heterocycles. The Morgan fingerprint density at radius 2 is 1.54 bits per heavy atom. The third-order valence-corrected chi connectivity index (χ3v) is 3.99. The van der Waals surface area contributed by atoms with Gasteiger partial charge in [-0.3, -0.25) is 4.79 Å². The maximum atomic E-state index is 12.7. The molecular formula is C22H21NO3. The normalized spacial score (nSPS) is 10.2. The van der Waals surface area contributed by atoms with E-state index < -0.39 is 0 Å². The maximum Gasteiger partial charge on any atom is 0.254 e. The summed E-state index contributed by atoms with van der Waals surface area (Å²) in [5.74, 6) is 2.12. The predicted molar refractivity (Wildman–Crippen MR) is 102 cm³/mol. The van der Waals surface area contributed by atoms with Crippen molar-refractivity contribution in [3.05, 3.63) is 90.0 Å². The number of hydrogen-bond donors (Lipinski definition) is 0. The van der Waals surface area contributed by atoms with E-state index >= 15 is 0 Å². The highest BCUT2D eigenvalue weighted by atomic mass is 16.5. The van der Waals surface area contributed by atoms with Gasteiger partial charge < -0.3 is 14.4 Å². The Kier molecular flexibility index (Phi) is 5.54. The molecule has 0 aliphatic heterocycles. The number of carbonyl (C=O) groups excluding carboxylic acids is 1. The molecule has 3 aromatic rings. The Bertz CT molecular complexity index is 860. The lowest BCUT2D eigenvalue weighted by molar-refractivity contribution is 0.0785. The Morgan fingerprint density at radius 3 is 2.23 bits per heavy atom. The first-order valence-electron chi connectivity index (χ1n) is 8.37. The van der Waals surface area contributed by atoms with Crippen LogP contribution in [0.15, 0.2) is 78.9 Å². The molecule has 0 aliphatic carbocycles. The average molecular weight is 347 g/mol. The summed E-state index contributed by atoms with van der Waals surface area (Å²) in [6, 6.07) is 24.4. The lowest BCUT2D eigenvalue weighted by Crippen LogP contribution is -2.26. The fourth-order valence-corrected chi connectivity index (χ4v) is 2.61. The van der Waals surface area contributed by atoms with Crippen LogP contribution in [-0.4, -0.2) is 25.0 Å². The molecule has 0 radical (unpaired) electrons. The highest BCUT2D eigenvalue weighted by Gasteiger charge is 2.13. The van der Waals surface area contributed by atoms with Crippen LogP contribution in [0.5, 0.6) is 17.2 Å². The largest absolute Gasteiger partial charge is 0.497 e. The highest BCUT2D eigenvalue weighted by molar-refractivity contribution is 5.94. The van der Waals surface area contributed by atoms with E-state index in [9.17, 15) is 4.79 Å². The average Bonchev–Trinajstić information content (AvgIpc) is 2.69. The van der Waals surface area contributed by atoms with Gasteiger partial charge in [0.15, 0.2) is 0 Å². The molecule has 3 rings (SSSR count). The van der Waals surface area contributed by atoms with E-state index in [1.54, 1.807) is 31.2 Å². The van der Waals surface area contributed by atoms with E-state index in [0.717, 1.165) is 17.1 Å². The monoisotopic (exact) mass is 347 g/mol. The molecular weight excluding hydrogens is 326 g/mol. The summed E-state index contributed by atoms with van der Waals surface area (Å²) in [6.07, 6.45) is 0. The highest BCUT2D eigenvalue weighted by Crippen LogP contribution is 2.22. The standard InChI is InChI=1S/C22H21NO3/c1-23(16-17-11-13-19(25-2)14-12-17)22(24)18-7-6-10-21(15-18)26-20-8-4-3-5-9-20/h3-15H,16H2,1-2H3. The van der Waals surface area contributed by atoms with Gasteiger partial charge in [0.1, 0.15) is 17.2 Å². The molecule has 0 fully saturated rings. The van der Waals surface area contributed by atoms with Gasteiger partial charge in [0.2, 0.25) is 0 Å². The zero-order chi connectivity index (χ0) is 18.4. The van der Waals surface area contributed by atoms with Gasteiger partial charge in [0.25, 0.3) is 5.91 Å². The number of benzene rings is 3. The van der Waals surface area contributed by atoms with Crippen LogP contribution in [-0.2, 0) is 6.54 Å². The zero-order valence-electron chi connectivity index (χ0n) is 14.9. The van der Waals surface area contributed by atoms with Gasteiger partial charge in [-0.15, -0.1) is 0 Å². The number of ether oxygens (including phenoxy) is 2. The maximum absolute atomic E-state index is 12.7. The minimum atomic E-state index is -0.0562. The van der Waals surface area contributed by atoms with Crippen molar-refractivity contribution < 1.29 is 14.3 Å². The molecule has 0 N–H and O–H groups in total. The summed E-state index contributed by atoms with van der Waals surface area (Å²) in [4.78, 5) is 14.4. The van der Waals surface area contributed by atoms with Crippen LogP contribution < -0.4 is 9.47 Å². The number of methoxy groups -OCH3 is 1. The van der Waals surface area contributed by atoms with Gasteiger partial charge in [-0.1, -0.05) is 36.4 Å². The van der Waals surface area contributed by atoms with Crippen molar-refractivity contribution in [1.29, 1.82) is 0 Å². The van der Waals surface area contributed by atoms with Crippen molar-refractivity contribution in [1.82, 2.24) is 4.90 Å². The molecule has 0 heterocycles. The summed E-state index contributed by atoms with van der Waals surface area (Å²) in [5.41, 5.74) is 1.63. The quantitative estimate of drug-likeness (QED) is 0.645. The summed E-state index contributed by atoms with van der Waals surface area (Å²) in [6.45, 7) is 0.520. The molecule has 4 nitrogen and oxygen atoms in total. The first-order chi connectivity index (χ1) is 12.7. The number of carbonyl (C=O) groups is 1. The fraction of sp³-hybridized carbons (Fsp3) is 0.136. The van der Waals surface area contributed by atoms with E-state index in [-0.39, 0.29) is 5.91 Å². The van der Waals surface area contributed by atoms with Crippen molar-refractivity contribution in [3.63, 3.8) is 0 Å². The molecule has 3 aromatic carbocycles. The topological polar surface area (TPSA) is 38.8 Å². The number of rotatable bonds is 6. The summed E-state index contributed by atoms with van der Waals surface area (Å²) in [5, 5.41) is 0. The van der Waals surface area contributed by atoms with Gasteiger partial charge in [-0.05, 0) is 48.0 Å². The van der Waals surface area contributed by atoms with Crippen LogP contribution in [0.4, 0.5) is 0 Å². The third-order valence-electron chi connectivity index (χ3n) is 3.99. The first kappa shape index (κ1) is 17.5. The number of amides is 1. The van der Waals surface area contributed by atoms with Gasteiger partial charge in [0.05, 0.1) is 7.11 Å². The van der Waals surface area contributed by atoms with Gasteiger partial charge in [-0.2, -0.15) is 0 Å². The van der Waals surface area contributed by atoms with Crippen molar-refractivity contribution >= 4 is 5.91 Å². The third kappa shape index (κ3) is 4.42. The SMILES string of the molecule is COc1ccc(CN(C)C(=O)c2cccc(Oc3ccccc3)c2)cc1. The number of nitrogens with zero attached hydrogens (tertiary/aromatic N) is 1. The molecule has 0 saturated carbocycles. The van der Waals surface area contributed by atoms with Crippen LogP contribution in [0.2, 0.25) is 0 Å².